The predicted molar refractivity (Wildman–Crippen MR) is 66.0 cm³/mol. The number of carbonyl (C=O) groups is 2. The maximum atomic E-state index is 11.5. The van der Waals surface area contributed by atoms with Gasteiger partial charge in [-0.15, -0.1) is 0 Å². The fourth-order valence-corrected chi connectivity index (χ4v) is 2.28. The largest absolute Gasteiger partial charge is 1.00 e. The molecular weight excluding hydrogens is 254 g/mol. The van der Waals surface area contributed by atoms with Crippen LogP contribution in [0.5, 0.6) is 0 Å². The van der Waals surface area contributed by atoms with E-state index in [1.165, 1.54) is 6.08 Å². The SMILES string of the molecule is C=CC(=O)N1CC[N+](CC)(CCC(N)=O)CC1.[Cl-]. The van der Waals surface area contributed by atoms with Gasteiger partial charge in [-0.05, 0) is 13.0 Å². The molecule has 0 aromatic rings. The van der Waals surface area contributed by atoms with E-state index in [0.29, 0.717) is 6.42 Å². The first kappa shape index (κ1) is 16.9. The second-order valence-corrected chi connectivity index (χ2v) is 4.57. The van der Waals surface area contributed by atoms with Crippen molar-refractivity contribution in [1.82, 2.24) is 4.90 Å². The summed E-state index contributed by atoms with van der Waals surface area (Å²) >= 11 is 0. The molecule has 2 amide bonds. The first-order valence-corrected chi connectivity index (χ1v) is 6.08. The zero-order valence-electron chi connectivity index (χ0n) is 10.9. The van der Waals surface area contributed by atoms with Crippen LogP contribution in [0.25, 0.3) is 0 Å². The summed E-state index contributed by atoms with van der Waals surface area (Å²) in [4.78, 5) is 24.1. The van der Waals surface area contributed by atoms with Crippen molar-refractivity contribution >= 4 is 11.8 Å². The fourth-order valence-electron chi connectivity index (χ4n) is 2.28. The molecule has 0 unspecified atom stereocenters. The van der Waals surface area contributed by atoms with Crippen molar-refractivity contribution in [1.29, 1.82) is 0 Å². The van der Waals surface area contributed by atoms with Gasteiger partial charge in [-0.1, -0.05) is 6.58 Å². The monoisotopic (exact) mass is 275 g/mol. The second kappa shape index (κ2) is 7.38. The van der Waals surface area contributed by atoms with Crippen molar-refractivity contribution in [3.63, 3.8) is 0 Å². The van der Waals surface area contributed by atoms with Crippen LogP contribution >= 0.6 is 0 Å². The van der Waals surface area contributed by atoms with E-state index in [9.17, 15) is 9.59 Å². The van der Waals surface area contributed by atoms with Crippen molar-refractivity contribution < 1.29 is 26.5 Å². The summed E-state index contributed by atoms with van der Waals surface area (Å²) in [5.74, 6) is -0.255. The van der Waals surface area contributed by atoms with E-state index >= 15 is 0 Å². The molecule has 18 heavy (non-hydrogen) atoms. The van der Waals surface area contributed by atoms with E-state index < -0.39 is 0 Å². The quantitative estimate of drug-likeness (QED) is 0.423. The lowest BCUT2D eigenvalue weighted by Crippen LogP contribution is -3.00. The number of piperazine rings is 1. The number of nitrogens with two attached hydrogens (primary N) is 1. The number of amides is 2. The van der Waals surface area contributed by atoms with E-state index in [1.54, 1.807) is 0 Å². The molecule has 1 heterocycles. The molecule has 104 valence electrons. The van der Waals surface area contributed by atoms with Crippen molar-refractivity contribution in [2.45, 2.75) is 13.3 Å². The van der Waals surface area contributed by atoms with Crippen LogP contribution in [0.3, 0.4) is 0 Å². The van der Waals surface area contributed by atoms with Crippen LogP contribution in [-0.4, -0.2) is 60.5 Å². The number of quaternary nitrogens is 1. The predicted octanol–water partition coefficient (Wildman–Crippen LogP) is -3.27. The number of hydrogen-bond acceptors (Lipinski definition) is 2. The summed E-state index contributed by atoms with van der Waals surface area (Å²) in [5, 5.41) is 0. The van der Waals surface area contributed by atoms with Gasteiger partial charge < -0.3 is 27.5 Å². The molecule has 0 radical (unpaired) electrons. The Morgan fingerprint density at radius 2 is 1.94 bits per heavy atom. The van der Waals surface area contributed by atoms with Gasteiger partial charge >= 0.3 is 0 Å². The fraction of sp³-hybridized carbons (Fsp3) is 0.667. The Morgan fingerprint density at radius 1 is 1.39 bits per heavy atom. The number of rotatable bonds is 5. The van der Waals surface area contributed by atoms with E-state index in [4.69, 9.17) is 5.73 Å². The lowest BCUT2D eigenvalue weighted by atomic mass is 10.2. The molecule has 0 bridgehead atoms. The third kappa shape index (κ3) is 4.31. The normalized spacial score (nSPS) is 17.7. The molecule has 1 fully saturated rings. The highest BCUT2D eigenvalue weighted by atomic mass is 35.5. The topological polar surface area (TPSA) is 63.4 Å². The van der Waals surface area contributed by atoms with Crippen molar-refractivity contribution in [3.8, 4) is 0 Å². The summed E-state index contributed by atoms with van der Waals surface area (Å²) in [6.45, 7) is 10.6. The van der Waals surface area contributed by atoms with Crippen molar-refractivity contribution in [3.05, 3.63) is 12.7 Å². The molecule has 0 atom stereocenters. The van der Waals surface area contributed by atoms with Gasteiger partial charge in [0.05, 0.1) is 45.7 Å². The van der Waals surface area contributed by atoms with Crippen LogP contribution < -0.4 is 18.1 Å². The summed E-state index contributed by atoms with van der Waals surface area (Å²) in [6.07, 6.45) is 1.78. The number of carbonyl (C=O) groups excluding carboxylic acids is 2. The number of nitrogens with zero attached hydrogens (tertiary/aromatic N) is 2. The first-order chi connectivity index (χ1) is 8.03. The van der Waals surface area contributed by atoms with Gasteiger partial charge in [0.25, 0.3) is 0 Å². The average molecular weight is 276 g/mol. The summed E-state index contributed by atoms with van der Waals surface area (Å²) < 4.78 is 0.879. The summed E-state index contributed by atoms with van der Waals surface area (Å²) in [5.41, 5.74) is 5.19. The van der Waals surface area contributed by atoms with Crippen LogP contribution in [-0.2, 0) is 9.59 Å². The lowest BCUT2D eigenvalue weighted by molar-refractivity contribution is -0.929. The van der Waals surface area contributed by atoms with Crippen LogP contribution in [0.4, 0.5) is 0 Å². The van der Waals surface area contributed by atoms with Gasteiger partial charge in [0.15, 0.2) is 0 Å². The molecule has 0 aliphatic carbocycles. The van der Waals surface area contributed by atoms with Crippen molar-refractivity contribution in [2.24, 2.45) is 5.73 Å². The first-order valence-electron chi connectivity index (χ1n) is 6.08. The molecule has 6 heteroatoms. The molecule has 1 aliphatic rings. The Morgan fingerprint density at radius 3 is 2.33 bits per heavy atom. The molecule has 1 saturated heterocycles. The molecule has 2 N–H and O–H groups in total. The average Bonchev–Trinajstić information content (AvgIpc) is 2.36. The van der Waals surface area contributed by atoms with Crippen LogP contribution in [0.1, 0.15) is 13.3 Å². The van der Waals surface area contributed by atoms with Gasteiger partial charge in [-0.3, -0.25) is 9.59 Å². The van der Waals surface area contributed by atoms with Gasteiger partial charge in [-0.25, -0.2) is 0 Å². The van der Waals surface area contributed by atoms with E-state index in [-0.39, 0.29) is 24.2 Å². The molecular formula is C12H22ClN3O2. The molecule has 0 aromatic carbocycles. The zero-order valence-corrected chi connectivity index (χ0v) is 11.7. The van der Waals surface area contributed by atoms with E-state index in [1.807, 2.05) is 4.90 Å². The minimum Gasteiger partial charge on any atom is -1.00 e. The Kier molecular flexibility index (Phi) is 6.94. The lowest BCUT2D eigenvalue weighted by Gasteiger charge is -2.44. The van der Waals surface area contributed by atoms with Gasteiger partial charge in [0.2, 0.25) is 11.8 Å². The molecule has 5 nitrogen and oxygen atoms in total. The van der Waals surface area contributed by atoms with Gasteiger partial charge in [0.1, 0.15) is 0 Å². The number of halogens is 1. The van der Waals surface area contributed by atoms with Crippen LogP contribution in [0.15, 0.2) is 12.7 Å². The third-order valence-electron chi connectivity index (χ3n) is 3.68. The number of likely N-dealkylation sites (N-methyl/N-ethyl adjacent to an activating group) is 1. The minimum absolute atomic E-state index is 0. The van der Waals surface area contributed by atoms with Gasteiger partial charge in [0, 0.05) is 0 Å². The zero-order chi connectivity index (χ0) is 12.9. The van der Waals surface area contributed by atoms with E-state index in [0.717, 1.165) is 43.8 Å². The molecule has 0 aromatic heterocycles. The highest BCUT2D eigenvalue weighted by Crippen LogP contribution is 2.14. The molecule has 0 spiro atoms. The van der Waals surface area contributed by atoms with E-state index in [2.05, 4.69) is 13.5 Å². The highest BCUT2D eigenvalue weighted by molar-refractivity contribution is 5.87. The summed E-state index contributed by atoms with van der Waals surface area (Å²) in [7, 11) is 0. The Labute approximate surface area is 115 Å². The minimum atomic E-state index is -0.249. The molecule has 1 aliphatic heterocycles. The maximum absolute atomic E-state index is 11.5. The Bertz CT molecular complexity index is 312. The maximum Gasteiger partial charge on any atom is 0.246 e. The van der Waals surface area contributed by atoms with Crippen molar-refractivity contribution in [2.75, 3.05) is 39.3 Å². The number of primary amides is 1. The molecule has 1 rings (SSSR count). The third-order valence-corrected chi connectivity index (χ3v) is 3.68. The van der Waals surface area contributed by atoms with Crippen LogP contribution in [0.2, 0.25) is 0 Å². The van der Waals surface area contributed by atoms with Gasteiger partial charge in [-0.2, -0.15) is 0 Å². The standard InChI is InChI=1S/C12H21N3O2.ClH/c1-3-12(17)14-6-9-15(4-2,10-7-14)8-5-11(13)16;/h3H,1,4-10H2,2H3,(H-,13,16);1H. The smallest absolute Gasteiger partial charge is 0.246 e. The number of hydrogen-bond donors (Lipinski definition) is 1. The second-order valence-electron chi connectivity index (χ2n) is 4.57. The summed E-state index contributed by atoms with van der Waals surface area (Å²) in [6, 6.07) is 0. The Balaban J connectivity index is 0.00000289. The Hall–Kier alpha value is -1.07. The highest BCUT2D eigenvalue weighted by Gasteiger charge is 2.32. The van der Waals surface area contributed by atoms with Crippen LogP contribution in [0, 0.1) is 0 Å². The molecule has 0 saturated carbocycles.